The lowest BCUT2D eigenvalue weighted by Crippen LogP contribution is -2.41. The second-order valence-corrected chi connectivity index (χ2v) is 11.8. The van der Waals surface area contributed by atoms with Crippen LogP contribution in [0.3, 0.4) is 0 Å². The molecule has 0 bridgehead atoms. The zero-order chi connectivity index (χ0) is 25.0. The quantitative estimate of drug-likeness (QED) is 0.276. The molecule has 36 heavy (non-hydrogen) atoms. The number of para-hydroxylation sites is 2. The van der Waals surface area contributed by atoms with Crippen molar-refractivity contribution in [3.05, 3.63) is 84.1 Å². The van der Waals surface area contributed by atoms with E-state index in [0.29, 0.717) is 0 Å². The number of fused-ring (bicyclic) bond motifs is 8. The van der Waals surface area contributed by atoms with Crippen LogP contribution in [-0.4, -0.2) is 25.1 Å². The van der Waals surface area contributed by atoms with Gasteiger partial charge in [-0.3, -0.25) is 9.38 Å². The van der Waals surface area contributed by atoms with Crippen LogP contribution in [0.15, 0.2) is 77.3 Å². The molecule has 7 rings (SSSR count). The molecule has 0 unspecified atom stereocenters. The van der Waals surface area contributed by atoms with Crippen LogP contribution in [0.2, 0.25) is 0 Å². The number of furan rings is 1. The number of hydrogen-bond donors (Lipinski definition) is 0. The topological polar surface area (TPSA) is 30.4 Å². The summed E-state index contributed by atoms with van der Waals surface area (Å²) in [7, 11) is 4.65. The summed E-state index contributed by atoms with van der Waals surface area (Å²) in [5.41, 5.74) is 9.11. The first kappa shape index (κ1) is 21.6. The van der Waals surface area contributed by atoms with Gasteiger partial charge >= 0.3 is 0 Å². The van der Waals surface area contributed by atoms with E-state index in [1.807, 2.05) is 12.3 Å². The number of benzene rings is 3. The summed E-state index contributed by atoms with van der Waals surface area (Å²) >= 11 is 0. The molecule has 0 aliphatic rings. The van der Waals surface area contributed by atoms with E-state index in [9.17, 15) is 0 Å². The Labute approximate surface area is 212 Å². The first-order chi connectivity index (χ1) is 17.2. The van der Waals surface area contributed by atoms with Crippen molar-refractivity contribution in [1.29, 1.82) is 0 Å². The van der Waals surface area contributed by atoms with E-state index < -0.39 is 0 Å². The van der Waals surface area contributed by atoms with Gasteiger partial charge in [0.25, 0.3) is 0 Å². The molecule has 5 heteroatoms. The van der Waals surface area contributed by atoms with Crippen LogP contribution in [0.25, 0.3) is 60.5 Å². The second kappa shape index (κ2) is 6.94. The summed E-state index contributed by atoms with van der Waals surface area (Å²) in [6, 6.07) is 24.0. The highest BCUT2D eigenvalue weighted by atomic mass is 16.3. The Morgan fingerprint density at radius 3 is 2.39 bits per heavy atom. The third kappa shape index (κ3) is 2.69. The molecule has 0 aliphatic heterocycles. The molecule has 3 nitrogen and oxygen atoms in total. The van der Waals surface area contributed by atoms with Crippen molar-refractivity contribution in [3.8, 4) is 11.3 Å². The highest BCUT2D eigenvalue weighted by Crippen LogP contribution is 2.44. The lowest BCUT2D eigenvalue weighted by Gasteiger charge is -2.40. The van der Waals surface area contributed by atoms with Gasteiger partial charge in [0, 0.05) is 33.3 Å². The largest absolute Gasteiger partial charge is 0.439 e. The summed E-state index contributed by atoms with van der Waals surface area (Å²) in [6.45, 7) is 9.12. The molecule has 0 spiro atoms. The Balaban J connectivity index is 1.56. The molecular weight excluding hydrogens is 438 g/mol. The minimum Gasteiger partial charge on any atom is -0.439 e. The minimum atomic E-state index is 0.0125. The number of rotatable bonds is 2. The number of pyridine rings is 1. The van der Waals surface area contributed by atoms with E-state index in [2.05, 4.69) is 108 Å². The van der Waals surface area contributed by atoms with Gasteiger partial charge in [-0.25, -0.2) is 0 Å². The van der Waals surface area contributed by atoms with Gasteiger partial charge in [0.1, 0.15) is 21.3 Å². The van der Waals surface area contributed by atoms with Crippen LogP contribution in [-0.2, 0) is 5.21 Å². The summed E-state index contributed by atoms with van der Waals surface area (Å²) in [5, 5.41) is 6.15. The average molecular weight is 466 g/mol. The maximum absolute atomic E-state index is 6.47. The summed E-state index contributed by atoms with van der Waals surface area (Å²) in [6.07, 6.45) is 1.96. The maximum atomic E-state index is 6.47. The monoisotopic (exact) mass is 466 g/mol. The molecule has 0 fully saturated rings. The molecule has 0 amide bonds. The molecule has 0 aliphatic carbocycles. The molecule has 4 aromatic heterocycles. The molecule has 0 N–H and O–H groups in total. The molecule has 0 radical (unpaired) electrons. The van der Waals surface area contributed by atoms with Crippen molar-refractivity contribution in [2.45, 2.75) is 32.9 Å². The van der Waals surface area contributed by atoms with Gasteiger partial charge in [0.05, 0.1) is 22.1 Å². The van der Waals surface area contributed by atoms with Gasteiger partial charge in [-0.2, -0.15) is 0 Å². The maximum Gasteiger partial charge on any atom is 0.213 e. The Hall–Kier alpha value is -3.72. The number of aryl methyl sites for hydroxylation is 1. The van der Waals surface area contributed by atoms with E-state index >= 15 is 0 Å². The van der Waals surface area contributed by atoms with E-state index in [1.165, 1.54) is 49.1 Å². The predicted octanol–water partition coefficient (Wildman–Crippen LogP) is 6.42. The van der Waals surface area contributed by atoms with Gasteiger partial charge in [0.15, 0.2) is 0 Å². The van der Waals surface area contributed by atoms with Gasteiger partial charge < -0.3 is 4.42 Å². The summed E-state index contributed by atoms with van der Waals surface area (Å²) in [5.74, 6) is 0. The van der Waals surface area contributed by atoms with Gasteiger partial charge in [-0.1, -0.05) is 67.9 Å². The Morgan fingerprint density at radius 1 is 0.833 bits per heavy atom. The molecule has 7 aromatic rings. The Bertz CT molecular complexity index is 1970. The van der Waals surface area contributed by atoms with Gasteiger partial charge in [0.2, 0.25) is 5.71 Å². The van der Waals surface area contributed by atoms with E-state index in [4.69, 9.17) is 9.40 Å². The first-order valence-electron chi connectivity index (χ1n) is 12.7. The average Bonchev–Trinajstić information content (AvgIpc) is 3.48. The highest BCUT2D eigenvalue weighted by Gasteiger charge is 2.34. The van der Waals surface area contributed by atoms with Crippen molar-refractivity contribution >= 4 is 65.0 Å². The van der Waals surface area contributed by atoms with Crippen molar-refractivity contribution < 1.29 is 4.42 Å². The molecule has 0 saturated carbocycles. The SMILES string of the molecule is BC(B)(c1ccnc(-c2cc3c(cc2C)c2cccc4c5c6ccccc6oc5n3c24)c1)C(C)(C)C. The third-order valence-electron chi connectivity index (χ3n) is 8.82. The van der Waals surface area contributed by atoms with Crippen molar-refractivity contribution in [1.82, 2.24) is 9.38 Å². The standard InChI is InChI=1S/C31H28B2N2O/c1-17-14-23-19-9-7-10-21-27-20-8-5-6-11-26(20)36-29(27)35(28(19)21)25(23)16-22(17)24-15-18(12-13-34-24)31(32,33)30(2,3)4/h5-16H,32-33H2,1-4H3. The lowest BCUT2D eigenvalue weighted by atomic mass is 9.41. The molecule has 4 heterocycles. The van der Waals surface area contributed by atoms with E-state index in [-0.39, 0.29) is 10.6 Å². The van der Waals surface area contributed by atoms with Crippen LogP contribution >= 0.6 is 0 Å². The Morgan fingerprint density at radius 2 is 1.58 bits per heavy atom. The molecule has 0 saturated heterocycles. The molecule has 174 valence electrons. The normalized spacial score (nSPS) is 13.2. The number of nitrogens with zero attached hydrogens (tertiary/aromatic N) is 2. The fourth-order valence-corrected chi connectivity index (χ4v) is 5.76. The summed E-state index contributed by atoms with van der Waals surface area (Å²) < 4.78 is 8.79. The second-order valence-electron chi connectivity index (χ2n) is 11.8. The molecular formula is C31H28B2N2O. The zero-order valence-corrected chi connectivity index (χ0v) is 21.7. The zero-order valence-electron chi connectivity index (χ0n) is 21.7. The minimum absolute atomic E-state index is 0.0125. The van der Waals surface area contributed by atoms with Crippen molar-refractivity contribution in [2.75, 3.05) is 0 Å². The van der Waals surface area contributed by atoms with Crippen LogP contribution in [0, 0.1) is 12.3 Å². The van der Waals surface area contributed by atoms with Crippen molar-refractivity contribution in [3.63, 3.8) is 0 Å². The third-order valence-corrected chi connectivity index (χ3v) is 8.82. The van der Waals surface area contributed by atoms with Crippen LogP contribution in [0.1, 0.15) is 31.9 Å². The van der Waals surface area contributed by atoms with E-state index in [0.717, 1.165) is 22.5 Å². The smallest absolute Gasteiger partial charge is 0.213 e. The first-order valence-corrected chi connectivity index (χ1v) is 12.7. The number of aromatic nitrogens is 2. The highest BCUT2D eigenvalue weighted by molar-refractivity contribution is 6.40. The Kier molecular flexibility index (Phi) is 4.16. The van der Waals surface area contributed by atoms with Crippen LogP contribution in [0.4, 0.5) is 0 Å². The number of hydrogen-bond acceptors (Lipinski definition) is 2. The van der Waals surface area contributed by atoms with E-state index in [1.54, 1.807) is 0 Å². The lowest BCUT2D eigenvalue weighted by molar-refractivity contribution is 0.358. The molecule has 0 atom stereocenters. The summed E-state index contributed by atoms with van der Waals surface area (Å²) in [4.78, 5) is 4.84. The van der Waals surface area contributed by atoms with Crippen molar-refractivity contribution in [2.24, 2.45) is 5.41 Å². The fraction of sp³-hybridized carbons (Fsp3) is 0.194. The van der Waals surface area contributed by atoms with Crippen LogP contribution < -0.4 is 0 Å². The van der Waals surface area contributed by atoms with Crippen LogP contribution in [0.5, 0.6) is 0 Å². The predicted molar refractivity (Wildman–Crippen MR) is 157 cm³/mol. The fourth-order valence-electron chi connectivity index (χ4n) is 5.76. The van der Waals surface area contributed by atoms with Gasteiger partial charge in [-0.15, -0.1) is 0 Å². The molecule has 3 aromatic carbocycles. The van der Waals surface area contributed by atoms with Gasteiger partial charge in [-0.05, 0) is 48.2 Å².